The van der Waals surface area contributed by atoms with Crippen molar-refractivity contribution in [1.82, 2.24) is 79.1 Å². The number of carbonyl (C=O) groups excluding carboxylic acids is 4. The van der Waals surface area contributed by atoms with Crippen LogP contribution in [0.2, 0.25) is 0 Å². The van der Waals surface area contributed by atoms with Crippen molar-refractivity contribution in [3.8, 4) is 0 Å². The van der Waals surface area contributed by atoms with Gasteiger partial charge in [-0.05, 0) is 218 Å². The number of rotatable bonds is 9. The fraction of sp³-hybridized carbons (Fsp3) is 0.327. The Labute approximate surface area is 727 Å². The van der Waals surface area contributed by atoms with Gasteiger partial charge in [-0.2, -0.15) is 0 Å². The van der Waals surface area contributed by atoms with E-state index in [1.54, 1.807) is 61.6 Å². The van der Waals surface area contributed by atoms with Gasteiger partial charge in [0.05, 0.1) is 65.2 Å². The molecule has 3 N–H and O–H groups in total. The maximum absolute atomic E-state index is 12.8. The third kappa shape index (κ3) is 19.6. The molecule has 4 aliphatic heterocycles. The molecule has 12 heterocycles. The van der Waals surface area contributed by atoms with Crippen molar-refractivity contribution in [2.24, 2.45) is 0 Å². The summed E-state index contributed by atoms with van der Waals surface area (Å²) in [5, 5.41) is 8.82. The predicted octanol–water partition coefficient (Wildman–Crippen LogP) is 14.8. The third-order valence-corrected chi connectivity index (χ3v) is 25.5. The molecule has 4 saturated heterocycles. The molecule has 12 aromatic rings. The second-order valence-corrected chi connectivity index (χ2v) is 33.6. The van der Waals surface area contributed by atoms with Crippen molar-refractivity contribution in [3.63, 3.8) is 0 Å². The molecule has 4 fully saturated rings. The number of anilines is 3. The van der Waals surface area contributed by atoms with Gasteiger partial charge in [-0.15, -0.1) is 0 Å². The summed E-state index contributed by atoms with van der Waals surface area (Å²) in [5.74, 6) is 0.768. The molecule has 4 aliphatic carbocycles. The van der Waals surface area contributed by atoms with Crippen LogP contribution in [0.15, 0.2) is 244 Å². The zero-order valence-corrected chi connectivity index (χ0v) is 71.4. The van der Waals surface area contributed by atoms with E-state index in [-0.39, 0.29) is 48.2 Å². The number of carbonyl (C=O) groups is 4. The van der Waals surface area contributed by atoms with Gasteiger partial charge in [-0.3, -0.25) is 64.6 Å². The standard InChI is InChI=1S/C26H28N4O.3C25H27N5O/c1-19-6-9-23-22(16-19)8-7-21-5-3-11-28-25(21)26(23)30-14-12-29(13-15-30)24(31)17-20-4-2-10-27-18-20;1-18-6-9-22-20(16-18)8-7-19-4-2-11-27-23(19)24(22)29-12-14-30(15-13-29)25(31)28-21-5-3-10-26-17-21;1-18-4-7-22-20(17-18)6-5-19-3-2-10-27-23(19)24(22)29-13-15-30(16-14-29)25(31)28-21-8-11-26-12-9-21;1-18-7-10-21-20(17-18)9-8-19-5-4-12-27-23(19)24(21)29-13-15-30(16-14-29)25(31)28-22-6-2-3-11-26-22/h2-6,9-11,16,18,26H,7-8,12-15,17H2,1H3;2-6,9-11,16-17,24H,7-8,12-15H2,1H3,(H,28,31);2-4,7-12,17,24H,5-6,13-16H2,1H3,(H,26,28,31);2-7,10-12,17,24H,8-9,13-16H2,1H3,(H,26,28,31)/t26-;24-;;/m00../s1. The van der Waals surface area contributed by atoms with Crippen molar-refractivity contribution in [1.29, 1.82) is 0 Å². The predicted molar refractivity (Wildman–Crippen MR) is 484 cm³/mol. The molecule has 8 aliphatic rings. The fourth-order valence-corrected chi connectivity index (χ4v) is 19.1. The quantitative estimate of drug-likeness (QED) is 0.122. The van der Waals surface area contributed by atoms with Crippen LogP contribution < -0.4 is 16.0 Å². The van der Waals surface area contributed by atoms with Crippen LogP contribution in [-0.2, 0) is 62.6 Å². The first kappa shape index (κ1) is 83.5. The van der Waals surface area contributed by atoms with E-state index in [2.05, 4.69) is 180 Å². The second-order valence-electron chi connectivity index (χ2n) is 33.6. The van der Waals surface area contributed by atoms with Gasteiger partial charge in [0.15, 0.2) is 0 Å². The van der Waals surface area contributed by atoms with Gasteiger partial charge in [-0.1, -0.05) is 131 Å². The number of hydrogen-bond acceptors (Lipinski definition) is 16. The Morgan fingerprint density at radius 3 is 0.968 bits per heavy atom. The molecule has 23 nitrogen and oxygen atoms in total. The average molecular weight is 1650 g/mol. The molecule has 632 valence electrons. The van der Waals surface area contributed by atoms with E-state index in [9.17, 15) is 19.2 Å². The summed E-state index contributed by atoms with van der Waals surface area (Å²) in [4.78, 5) is 104. The molecular weight excluding hydrogens is 1540 g/mol. The molecule has 8 aromatic heterocycles. The van der Waals surface area contributed by atoms with Crippen LogP contribution in [0, 0.1) is 27.7 Å². The number of nitrogens with one attached hydrogen (secondary N) is 3. The Kier molecular flexibility index (Phi) is 26.4. The molecule has 4 atom stereocenters. The molecule has 0 saturated carbocycles. The maximum Gasteiger partial charge on any atom is 0.323 e. The summed E-state index contributed by atoms with van der Waals surface area (Å²) >= 11 is 0. The summed E-state index contributed by atoms with van der Waals surface area (Å²) in [5.41, 5.74) is 28.8. The molecule has 0 spiro atoms. The minimum Gasteiger partial charge on any atom is -0.340 e. The van der Waals surface area contributed by atoms with Gasteiger partial charge in [0.25, 0.3) is 0 Å². The minimum absolute atomic E-state index is 0.0544. The topological polar surface area (TPSA) is 233 Å². The summed E-state index contributed by atoms with van der Waals surface area (Å²) in [6.07, 6.45) is 28.2. The molecule has 23 heteroatoms. The lowest BCUT2D eigenvalue weighted by atomic mass is 9.94. The van der Waals surface area contributed by atoms with Gasteiger partial charge < -0.3 is 30.2 Å². The number of nitrogens with zero attached hydrogens (tertiary/aromatic N) is 16. The van der Waals surface area contributed by atoms with Crippen molar-refractivity contribution in [2.45, 2.75) is 110 Å². The molecule has 7 amide bonds. The number of fused-ring (bicyclic) bond motifs is 8. The van der Waals surface area contributed by atoms with Gasteiger partial charge in [0.1, 0.15) is 5.82 Å². The highest BCUT2D eigenvalue weighted by molar-refractivity contribution is 5.90. The van der Waals surface area contributed by atoms with Crippen molar-refractivity contribution in [3.05, 3.63) is 361 Å². The number of piperazine rings is 4. The lowest BCUT2D eigenvalue weighted by Gasteiger charge is -2.40. The fourth-order valence-electron chi connectivity index (χ4n) is 19.1. The first-order valence-corrected chi connectivity index (χ1v) is 43.9. The number of pyridine rings is 8. The highest BCUT2D eigenvalue weighted by Crippen LogP contribution is 2.42. The van der Waals surface area contributed by atoms with Crippen molar-refractivity contribution < 1.29 is 19.2 Å². The van der Waals surface area contributed by atoms with E-state index in [4.69, 9.17) is 19.9 Å². The highest BCUT2D eigenvalue weighted by Gasteiger charge is 2.39. The molecule has 4 aromatic carbocycles. The van der Waals surface area contributed by atoms with E-state index < -0.39 is 0 Å². The van der Waals surface area contributed by atoms with Crippen LogP contribution in [0.25, 0.3) is 0 Å². The van der Waals surface area contributed by atoms with Crippen LogP contribution in [0.4, 0.5) is 31.6 Å². The monoisotopic (exact) mass is 1650 g/mol. The number of amides is 7. The molecule has 2 unspecified atom stereocenters. The summed E-state index contributed by atoms with van der Waals surface area (Å²) in [7, 11) is 0. The lowest BCUT2D eigenvalue weighted by Crippen LogP contribution is -2.51. The van der Waals surface area contributed by atoms with Gasteiger partial charge >= 0.3 is 18.1 Å². The van der Waals surface area contributed by atoms with Crippen LogP contribution in [0.1, 0.15) is 142 Å². The highest BCUT2D eigenvalue weighted by atomic mass is 16.2. The van der Waals surface area contributed by atoms with Crippen molar-refractivity contribution in [2.75, 3.05) is 121 Å². The Morgan fingerprint density at radius 2 is 0.621 bits per heavy atom. The summed E-state index contributed by atoms with van der Waals surface area (Å²) in [6.45, 7) is 20.8. The normalized spacial score (nSPS) is 18.6. The Bertz CT molecular complexity index is 5000. The zero-order chi connectivity index (χ0) is 84.8. The maximum atomic E-state index is 12.8. The van der Waals surface area contributed by atoms with Crippen molar-refractivity contribution >= 4 is 41.2 Å². The smallest absolute Gasteiger partial charge is 0.323 e. The molecule has 20 rings (SSSR count). The van der Waals surface area contributed by atoms with E-state index in [0.717, 1.165) is 139 Å². The minimum atomic E-state index is -0.0891. The van der Waals surface area contributed by atoms with E-state index in [0.29, 0.717) is 51.5 Å². The summed E-state index contributed by atoms with van der Waals surface area (Å²) in [6, 6.07) is 61.3. The summed E-state index contributed by atoms with van der Waals surface area (Å²) < 4.78 is 0. The molecule has 0 radical (unpaired) electrons. The Morgan fingerprint density at radius 1 is 0.290 bits per heavy atom. The number of benzene rings is 4. The Balaban J connectivity index is 0.000000117. The number of urea groups is 3. The van der Waals surface area contributed by atoms with E-state index >= 15 is 0 Å². The number of hydrogen-bond donors (Lipinski definition) is 3. The largest absolute Gasteiger partial charge is 0.340 e. The van der Waals surface area contributed by atoms with Gasteiger partial charge in [-0.25, -0.2) is 19.4 Å². The van der Waals surface area contributed by atoms with Crippen LogP contribution in [0.3, 0.4) is 0 Å². The molecule has 124 heavy (non-hydrogen) atoms. The van der Waals surface area contributed by atoms with Crippen LogP contribution in [0.5, 0.6) is 0 Å². The number of aromatic nitrogens is 8. The average Bonchev–Trinajstić information content (AvgIpc) is 1.64. The molecular formula is C101H109N19O4. The first-order valence-electron chi connectivity index (χ1n) is 43.9. The SMILES string of the molecule is Cc1ccc2c(c1)CCc1cccnc1C2N1CCN(C(=O)Nc2ccccn2)CC1.Cc1ccc2c(c1)CCc1cccnc1C2N1CCN(C(=O)Nc2ccncc2)CC1.Cc1ccc2c(c1)CCc1cccnc1[C@H]2N1CCN(C(=O)Cc2cccnc2)CC1.Cc1ccc2c(c1)CCc1cccnc1[C@H]2N1CCN(C(=O)Nc2cccnc2)CC1. The third-order valence-electron chi connectivity index (χ3n) is 25.5. The first-order chi connectivity index (χ1) is 60.7. The van der Waals surface area contributed by atoms with Gasteiger partial charge in [0.2, 0.25) is 5.91 Å². The lowest BCUT2D eigenvalue weighted by molar-refractivity contribution is -0.132. The zero-order valence-electron chi connectivity index (χ0n) is 71.4. The van der Waals surface area contributed by atoms with Gasteiger partial charge in [0, 0.05) is 172 Å². The molecule has 0 bridgehead atoms. The Hall–Kier alpha value is -12.8. The second kappa shape index (κ2) is 39.2. The van der Waals surface area contributed by atoms with Crippen LogP contribution >= 0.6 is 0 Å². The van der Waals surface area contributed by atoms with E-state index in [1.165, 1.54) is 106 Å². The number of aryl methyl sites for hydroxylation is 12. The van der Waals surface area contributed by atoms with E-state index in [1.807, 2.05) is 105 Å². The van der Waals surface area contributed by atoms with Crippen LogP contribution in [-0.4, -0.2) is 208 Å².